The van der Waals surface area contributed by atoms with Crippen molar-refractivity contribution in [2.75, 3.05) is 0 Å². The van der Waals surface area contributed by atoms with Crippen molar-refractivity contribution in [1.82, 2.24) is 0 Å². The van der Waals surface area contributed by atoms with Gasteiger partial charge >= 0.3 is 0 Å². The summed E-state index contributed by atoms with van der Waals surface area (Å²) in [4.78, 5) is 0. The van der Waals surface area contributed by atoms with E-state index in [4.69, 9.17) is 0 Å². The second-order valence-electron chi connectivity index (χ2n) is 4.73. The smallest absolute Gasteiger partial charge is 0.00101 e. The molecule has 0 spiro atoms. The zero-order valence-corrected chi connectivity index (χ0v) is 7.55. The maximum absolute atomic E-state index is 2.52. The minimum Gasteiger partial charge on any atom is -0.0870 e. The third kappa shape index (κ3) is 0.608. The van der Waals surface area contributed by atoms with E-state index in [1.807, 2.05) is 0 Å². The molecule has 0 saturated heterocycles. The summed E-state index contributed by atoms with van der Waals surface area (Å²) in [6.45, 7) is 0. The van der Waals surface area contributed by atoms with Gasteiger partial charge in [0.15, 0.2) is 0 Å². The van der Waals surface area contributed by atoms with Crippen LogP contribution in [0, 0.1) is 10.8 Å². The lowest BCUT2D eigenvalue weighted by Crippen LogP contribution is -2.35. The monoisotopic (exact) mass is 160 g/mol. The molecule has 3 rings (SSSR count). The molecule has 64 valence electrons. The quantitative estimate of drug-likeness (QED) is 0.476. The Balaban J connectivity index is 2.08. The van der Waals surface area contributed by atoms with Gasteiger partial charge in [-0.25, -0.2) is 0 Å². The third-order valence-electron chi connectivity index (χ3n) is 4.33. The first kappa shape index (κ1) is 6.94. The Morgan fingerprint density at radius 2 is 1.25 bits per heavy atom. The molecule has 0 heterocycles. The lowest BCUT2D eigenvalue weighted by molar-refractivity contribution is 0.111. The summed E-state index contributed by atoms with van der Waals surface area (Å²) in [6.07, 6.45) is 18.3. The largest absolute Gasteiger partial charge is 0.0870 e. The molecule has 0 aromatic rings. The van der Waals surface area contributed by atoms with Crippen molar-refractivity contribution in [1.29, 1.82) is 0 Å². The van der Waals surface area contributed by atoms with E-state index in [1.165, 1.54) is 38.5 Å². The zero-order valence-electron chi connectivity index (χ0n) is 7.55. The van der Waals surface area contributed by atoms with E-state index in [2.05, 4.69) is 24.3 Å². The molecule has 0 radical (unpaired) electrons. The lowest BCUT2D eigenvalue weighted by Gasteiger charge is -2.44. The average Bonchev–Trinajstić information content (AvgIpc) is 2.57. The highest BCUT2D eigenvalue weighted by molar-refractivity contribution is 5.30. The van der Waals surface area contributed by atoms with Crippen LogP contribution in [0.25, 0.3) is 0 Å². The number of hydrogen-bond donors (Lipinski definition) is 0. The number of hydrogen-bond acceptors (Lipinski definition) is 0. The van der Waals surface area contributed by atoms with Gasteiger partial charge in [0.05, 0.1) is 0 Å². The molecular formula is C12H16. The molecule has 12 heavy (non-hydrogen) atoms. The molecule has 0 amide bonds. The van der Waals surface area contributed by atoms with Gasteiger partial charge in [0.1, 0.15) is 0 Å². The minimum absolute atomic E-state index is 0.589. The summed E-state index contributed by atoms with van der Waals surface area (Å²) in [5.41, 5.74) is 1.18. The maximum Gasteiger partial charge on any atom is 0.00101 e. The van der Waals surface area contributed by atoms with Crippen molar-refractivity contribution >= 4 is 0 Å². The molecule has 0 aromatic carbocycles. The van der Waals surface area contributed by atoms with Crippen LogP contribution in [0.2, 0.25) is 0 Å². The highest BCUT2D eigenvalue weighted by Gasteiger charge is 2.52. The van der Waals surface area contributed by atoms with Crippen molar-refractivity contribution in [3.05, 3.63) is 24.3 Å². The number of allylic oxidation sites excluding steroid dienone is 4. The van der Waals surface area contributed by atoms with Crippen LogP contribution >= 0.6 is 0 Å². The summed E-state index contributed by atoms with van der Waals surface area (Å²) in [5.74, 6) is 0. The van der Waals surface area contributed by atoms with Crippen LogP contribution in [-0.2, 0) is 0 Å². The number of rotatable bonds is 0. The van der Waals surface area contributed by atoms with Crippen LogP contribution in [0.5, 0.6) is 0 Å². The second kappa shape index (κ2) is 2.04. The Bertz CT molecular complexity index is 233. The van der Waals surface area contributed by atoms with Crippen LogP contribution in [0.15, 0.2) is 24.3 Å². The predicted molar refractivity (Wildman–Crippen MR) is 50.8 cm³/mol. The van der Waals surface area contributed by atoms with E-state index in [-0.39, 0.29) is 0 Å². The first-order chi connectivity index (χ1) is 5.87. The molecule has 0 aliphatic heterocycles. The van der Waals surface area contributed by atoms with Crippen molar-refractivity contribution in [2.45, 2.75) is 38.5 Å². The fourth-order valence-corrected chi connectivity index (χ4v) is 3.61. The molecule has 0 bridgehead atoms. The summed E-state index contributed by atoms with van der Waals surface area (Å²) < 4.78 is 0. The molecule has 1 fully saturated rings. The normalized spacial score (nSPS) is 49.3. The van der Waals surface area contributed by atoms with E-state index >= 15 is 0 Å². The van der Waals surface area contributed by atoms with Gasteiger partial charge in [-0.05, 0) is 25.7 Å². The Morgan fingerprint density at radius 3 is 1.75 bits per heavy atom. The fourth-order valence-electron chi connectivity index (χ4n) is 3.61. The fraction of sp³-hybridized carbons (Fsp3) is 0.667. The predicted octanol–water partition coefficient (Wildman–Crippen LogP) is 3.45. The molecule has 0 aromatic heterocycles. The topological polar surface area (TPSA) is 0 Å². The molecule has 0 heteroatoms. The average molecular weight is 160 g/mol. The van der Waals surface area contributed by atoms with E-state index in [9.17, 15) is 0 Å². The SMILES string of the molecule is C1=C[C@@]23CC=C[C@]2(C1)CCCC3. The maximum atomic E-state index is 2.52. The van der Waals surface area contributed by atoms with Crippen LogP contribution < -0.4 is 0 Å². The Labute approximate surface area is 74.4 Å². The minimum atomic E-state index is 0.589. The van der Waals surface area contributed by atoms with Crippen molar-refractivity contribution in [2.24, 2.45) is 10.8 Å². The van der Waals surface area contributed by atoms with E-state index in [0.717, 1.165) is 0 Å². The van der Waals surface area contributed by atoms with Gasteiger partial charge in [-0.2, -0.15) is 0 Å². The highest BCUT2D eigenvalue weighted by atomic mass is 14.6. The molecule has 1 saturated carbocycles. The molecule has 3 aliphatic rings. The van der Waals surface area contributed by atoms with Gasteiger partial charge in [-0.15, -0.1) is 0 Å². The molecule has 0 unspecified atom stereocenters. The molecule has 0 nitrogen and oxygen atoms in total. The Kier molecular flexibility index (Phi) is 1.18. The first-order valence-electron chi connectivity index (χ1n) is 5.22. The van der Waals surface area contributed by atoms with Gasteiger partial charge in [0, 0.05) is 10.8 Å². The van der Waals surface area contributed by atoms with Crippen LogP contribution in [-0.4, -0.2) is 0 Å². The van der Waals surface area contributed by atoms with Gasteiger partial charge in [0.2, 0.25) is 0 Å². The van der Waals surface area contributed by atoms with E-state index in [0.29, 0.717) is 10.8 Å². The van der Waals surface area contributed by atoms with E-state index in [1.54, 1.807) is 0 Å². The highest BCUT2D eigenvalue weighted by Crippen LogP contribution is 2.63. The van der Waals surface area contributed by atoms with Crippen LogP contribution in [0.1, 0.15) is 38.5 Å². The third-order valence-corrected chi connectivity index (χ3v) is 4.33. The molecule has 2 atom stereocenters. The summed E-state index contributed by atoms with van der Waals surface area (Å²) in [7, 11) is 0. The summed E-state index contributed by atoms with van der Waals surface area (Å²) in [5, 5.41) is 0. The van der Waals surface area contributed by atoms with Gasteiger partial charge in [-0.3, -0.25) is 0 Å². The van der Waals surface area contributed by atoms with Crippen LogP contribution in [0.3, 0.4) is 0 Å². The summed E-state index contributed by atoms with van der Waals surface area (Å²) >= 11 is 0. The van der Waals surface area contributed by atoms with Crippen molar-refractivity contribution in [3.63, 3.8) is 0 Å². The van der Waals surface area contributed by atoms with Gasteiger partial charge in [0.25, 0.3) is 0 Å². The second-order valence-corrected chi connectivity index (χ2v) is 4.73. The van der Waals surface area contributed by atoms with E-state index < -0.39 is 0 Å². The molecular weight excluding hydrogens is 144 g/mol. The van der Waals surface area contributed by atoms with Crippen LogP contribution in [0.4, 0.5) is 0 Å². The Hall–Kier alpha value is -0.520. The Morgan fingerprint density at radius 1 is 0.750 bits per heavy atom. The van der Waals surface area contributed by atoms with Crippen molar-refractivity contribution < 1.29 is 0 Å². The lowest BCUT2D eigenvalue weighted by atomic mass is 9.59. The van der Waals surface area contributed by atoms with Gasteiger partial charge < -0.3 is 0 Å². The molecule has 3 aliphatic carbocycles. The summed E-state index contributed by atoms with van der Waals surface area (Å²) in [6, 6.07) is 0. The van der Waals surface area contributed by atoms with Crippen molar-refractivity contribution in [3.8, 4) is 0 Å². The first-order valence-corrected chi connectivity index (χ1v) is 5.22. The van der Waals surface area contributed by atoms with Gasteiger partial charge in [-0.1, -0.05) is 37.1 Å². The molecule has 0 N–H and O–H groups in total. The zero-order chi connectivity index (χ0) is 8.07. The standard InChI is InChI=1S/C12H16/c1-2-6-12-9-3-7-11(12,5-1)8-4-10-12/h3-4,7,10H,1-2,5-6,8-9H2/t11-,12+/m0/s1.